The number of hydrogen-bond donors (Lipinski definition) is 0. The molecule has 3 nitrogen and oxygen atoms in total. The highest BCUT2D eigenvalue weighted by Crippen LogP contribution is 2.44. The Balaban J connectivity index is 0.960. The Morgan fingerprint density at radius 1 is 0.231 bits per heavy atom. The van der Waals surface area contributed by atoms with E-state index < -0.39 is 0 Å². The third kappa shape index (κ3) is 6.20. The Morgan fingerprint density at radius 3 is 1.09 bits per heavy atom. The van der Waals surface area contributed by atoms with Crippen LogP contribution in [0.25, 0.3) is 110 Å². The predicted molar refractivity (Wildman–Crippen MR) is 272 cm³/mol. The Kier molecular flexibility index (Phi) is 8.53. The molecule has 2 aromatic heterocycles. The van der Waals surface area contributed by atoms with Crippen LogP contribution in [0.15, 0.2) is 245 Å². The van der Waals surface area contributed by atoms with E-state index in [1.54, 1.807) is 0 Å². The van der Waals surface area contributed by atoms with Crippen molar-refractivity contribution in [1.29, 1.82) is 0 Å². The molecule has 0 N–H and O–H groups in total. The number of anilines is 3. The minimum absolute atomic E-state index is 0.898. The molecular formula is C62H39NO2. The summed E-state index contributed by atoms with van der Waals surface area (Å²) in [5.41, 5.74) is 15.7. The molecule has 0 amide bonds. The topological polar surface area (TPSA) is 29.5 Å². The third-order valence-corrected chi connectivity index (χ3v) is 13.0. The maximum atomic E-state index is 6.77. The van der Waals surface area contributed by atoms with Gasteiger partial charge in [0.15, 0.2) is 0 Å². The smallest absolute Gasteiger partial charge is 0.143 e. The molecule has 3 heteroatoms. The highest BCUT2D eigenvalue weighted by Gasteiger charge is 2.20. The lowest BCUT2D eigenvalue weighted by Crippen LogP contribution is -2.10. The van der Waals surface area contributed by atoms with Gasteiger partial charge in [0.2, 0.25) is 0 Å². The summed E-state index contributed by atoms with van der Waals surface area (Å²) in [6.07, 6.45) is 0. The van der Waals surface area contributed by atoms with Gasteiger partial charge in [-0.05, 0) is 98.8 Å². The van der Waals surface area contributed by atoms with E-state index in [0.717, 1.165) is 116 Å². The molecule has 13 aromatic rings. The van der Waals surface area contributed by atoms with E-state index in [2.05, 4.69) is 241 Å². The van der Waals surface area contributed by atoms with E-state index in [1.807, 2.05) is 0 Å². The lowest BCUT2D eigenvalue weighted by atomic mass is 9.97. The summed E-state index contributed by atoms with van der Waals surface area (Å²) in [5, 5.41) is 9.09. The van der Waals surface area contributed by atoms with E-state index in [4.69, 9.17) is 8.83 Å². The zero-order chi connectivity index (χ0) is 42.8. The van der Waals surface area contributed by atoms with Gasteiger partial charge in [0.25, 0.3) is 0 Å². The molecule has 0 aliphatic carbocycles. The second-order valence-corrected chi connectivity index (χ2v) is 16.8. The van der Waals surface area contributed by atoms with Crippen LogP contribution in [0.2, 0.25) is 0 Å². The summed E-state index contributed by atoms with van der Waals surface area (Å²) in [7, 11) is 0. The normalized spacial score (nSPS) is 11.7. The van der Waals surface area contributed by atoms with Gasteiger partial charge in [0.1, 0.15) is 22.3 Å². The van der Waals surface area contributed by atoms with Crippen molar-refractivity contribution in [2.75, 3.05) is 4.90 Å². The molecule has 0 bridgehead atoms. The molecule has 0 unspecified atom stereocenters. The molecular weight excluding hydrogens is 791 g/mol. The number of nitrogens with zero attached hydrogens (tertiary/aromatic N) is 1. The number of benzene rings is 11. The van der Waals surface area contributed by atoms with Gasteiger partial charge in [-0.25, -0.2) is 0 Å². The molecule has 0 aliphatic rings. The molecule has 0 radical (unpaired) electrons. The summed E-state index contributed by atoms with van der Waals surface area (Å²) in [5.74, 6) is 0. The van der Waals surface area contributed by atoms with Crippen LogP contribution in [0.3, 0.4) is 0 Å². The molecule has 0 fully saturated rings. The van der Waals surface area contributed by atoms with Gasteiger partial charge in [0.05, 0.1) is 0 Å². The number of hydrogen-bond acceptors (Lipinski definition) is 3. The van der Waals surface area contributed by atoms with Crippen molar-refractivity contribution in [2.45, 2.75) is 0 Å². The van der Waals surface area contributed by atoms with Crippen LogP contribution in [0.1, 0.15) is 0 Å². The van der Waals surface area contributed by atoms with Crippen molar-refractivity contribution in [2.24, 2.45) is 0 Å². The summed E-state index contributed by atoms with van der Waals surface area (Å²) < 4.78 is 13.5. The Hall–Kier alpha value is -8.66. The first-order chi connectivity index (χ1) is 32.2. The molecule has 0 saturated heterocycles. The van der Waals surface area contributed by atoms with Gasteiger partial charge < -0.3 is 13.7 Å². The van der Waals surface area contributed by atoms with E-state index >= 15 is 0 Å². The second kappa shape index (κ2) is 15.0. The van der Waals surface area contributed by atoms with Crippen LogP contribution in [0.5, 0.6) is 0 Å². The molecule has 13 rings (SSSR count). The molecule has 2 heterocycles. The fourth-order valence-electron chi connectivity index (χ4n) is 9.87. The third-order valence-electron chi connectivity index (χ3n) is 13.0. The highest BCUT2D eigenvalue weighted by atomic mass is 16.3. The van der Waals surface area contributed by atoms with E-state index in [1.165, 1.54) is 10.8 Å². The SMILES string of the molecule is c1ccc(-c2cc(-c3ccccc3)cc(N(c3ccc(-c4cccc5c4oc4c6ccccc6ccc54)cc3)c3ccc(-c4cccc5c4oc4c6ccccc6ccc54)cc3)c2)cc1. The quantitative estimate of drug-likeness (QED) is 0.160. The average molecular weight is 830 g/mol. The minimum Gasteiger partial charge on any atom is -0.455 e. The standard InChI is InChI=1S/C62H39NO2/c1-3-13-40(14-4-1)46-37-47(41-15-5-2-6-16-41)39-50(38-46)63(48-31-25-44(26-32-48)53-21-11-23-55-57-35-29-42-17-7-9-19-51(42)61(57)64-59(53)55)49-33-27-45(28-34-49)54-22-12-24-56-58-36-30-43-18-8-10-20-52(43)62(58)65-60(54)56/h1-39H. The molecule has 11 aromatic carbocycles. The van der Waals surface area contributed by atoms with E-state index in [9.17, 15) is 0 Å². The molecule has 0 spiro atoms. The van der Waals surface area contributed by atoms with Gasteiger partial charge in [-0.3, -0.25) is 0 Å². The van der Waals surface area contributed by atoms with Crippen LogP contribution < -0.4 is 4.90 Å². The average Bonchev–Trinajstić information content (AvgIpc) is 3.97. The highest BCUT2D eigenvalue weighted by molar-refractivity contribution is 6.18. The van der Waals surface area contributed by atoms with Gasteiger partial charge in [-0.2, -0.15) is 0 Å². The van der Waals surface area contributed by atoms with Gasteiger partial charge >= 0.3 is 0 Å². The van der Waals surface area contributed by atoms with Crippen molar-refractivity contribution < 1.29 is 8.83 Å². The largest absolute Gasteiger partial charge is 0.455 e. The maximum Gasteiger partial charge on any atom is 0.143 e. The van der Waals surface area contributed by atoms with E-state index in [0.29, 0.717) is 0 Å². The number of furan rings is 2. The lowest BCUT2D eigenvalue weighted by molar-refractivity contribution is 0.673. The number of fused-ring (bicyclic) bond motifs is 10. The number of para-hydroxylation sites is 2. The van der Waals surface area contributed by atoms with Crippen LogP contribution in [-0.2, 0) is 0 Å². The van der Waals surface area contributed by atoms with Crippen LogP contribution >= 0.6 is 0 Å². The molecule has 65 heavy (non-hydrogen) atoms. The van der Waals surface area contributed by atoms with E-state index in [-0.39, 0.29) is 0 Å². The summed E-state index contributed by atoms with van der Waals surface area (Å²) in [4.78, 5) is 2.37. The molecule has 304 valence electrons. The maximum absolute atomic E-state index is 6.77. The van der Waals surface area contributed by atoms with Crippen molar-refractivity contribution in [1.82, 2.24) is 0 Å². The zero-order valence-electron chi connectivity index (χ0n) is 35.3. The van der Waals surface area contributed by atoms with Crippen molar-refractivity contribution in [3.63, 3.8) is 0 Å². The zero-order valence-corrected chi connectivity index (χ0v) is 35.3. The minimum atomic E-state index is 0.898. The van der Waals surface area contributed by atoms with Crippen LogP contribution in [0, 0.1) is 0 Å². The Bertz CT molecular complexity index is 3670. The van der Waals surface area contributed by atoms with Gasteiger partial charge in [0, 0.05) is 60.5 Å². The predicted octanol–water partition coefficient (Wildman–Crippen LogP) is 17.9. The Labute approximate surface area is 375 Å². The first-order valence-corrected chi connectivity index (χ1v) is 22.1. The lowest BCUT2D eigenvalue weighted by Gasteiger charge is -2.27. The first kappa shape index (κ1) is 36.9. The van der Waals surface area contributed by atoms with Crippen LogP contribution in [-0.4, -0.2) is 0 Å². The fourth-order valence-corrected chi connectivity index (χ4v) is 9.87. The molecule has 0 aliphatic heterocycles. The van der Waals surface area contributed by atoms with Crippen molar-refractivity contribution in [3.8, 4) is 44.5 Å². The summed E-state index contributed by atoms with van der Waals surface area (Å²) in [6, 6.07) is 84.6. The number of rotatable bonds is 7. The van der Waals surface area contributed by atoms with Gasteiger partial charge in [-0.15, -0.1) is 0 Å². The second-order valence-electron chi connectivity index (χ2n) is 16.8. The van der Waals surface area contributed by atoms with Gasteiger partial charge in [-0.1, -0.05) is 182 Å². The Morgan fingerprint density at radius 2 is 0.631 bits per heavy atom. The fraction of sp³-hybridized carbons (Fsp3) is 0. The molecule has 0 saturated carbocycles. The molecule has 0 atom stereocenters. The van der Waals surface area contributed by atoms with Crippen molar-refractivity contribution >= 4 is 82.5 Å². The summed E-state index contributed by atoms with van der Waals surface area (Å²) in [6.45, 7) is 0. The monoisotopic (exact) mass is 829 g/mol. The summed E-state index contributed by atoms with van der Waals surface area (Å²) >= 11 is 0. The van der Waals surface area contributed by atoms with Crippen molar-refractivity contribution in [3.05, 3.63) is 237 Å². The van der Waals surface area contributed by atoms with Crippen LogP contribution in [0.4, 0.5) is 17.1 Å². The first-order valence-electron chi connectivity index (χ1n) is 22.1.